The summed E-state index contributed by atoms with van der Waals surface area (Å²) < 4.78 is 5.35. The molecule has 31 heavy (non-hydrogen) atoms. The summed E-state index contributed by atoms with van der Waals surface area (Å²) in [6.07, 6.45) is 0.134. The van der Waals surface area contributed by atoms with Crippen molar-refractivity contribution in [3.05, 3.63) is 65.2 Å². The standard InChI is InChI=1S/C24H24N2O5/c1-15-14-17-8-3-6-11-20(17)26(15)22(28)16(2)31-21(27)12-7-13-25-23(29)18-9-4-5-10-19(18)24(25)30/h3-6,8-11,15-16H,7,12-14H2,1-2H3/t15-,16-/m1/s1. The third-order valence-corrected chi connectivity index (χ3v) is 5.74. The lowest BCUT2D eigenvalue weighted by atomic mass is 10.1. The van der Waals surface area contributed by atoms with Crippen molar-refractivity contribution >= 4 is 29.4 Å². The summed E-state index contributed by atoms with van der Waals surface area (Å²) >= 11 is 0. The smallest absolute Gasteiger partial charge is 0.306 e. The molecule has 0 unspecified atom stereocenters. The van der Waals surface area contributed by atoms with Gasteiger partial charge in [-0.25, -0.2) is 0 Å². The Kier molecular flexibility index (Phi) is 5.59. The van der Waals surface area contributed by atoms with E-state index in [9.17, 15) is 19.2 Å². The van der Waals surface area contributed by atoms with E-state index in [2.05, 4.69) is 0 Å². The lowest BCUT2D eigenvalue weighted by Gasteiger charge is -2.26. The van der Waals surface area contributed by atoms with Gasteiger partial charge < -0.3 is 9.64 Å². The molecule has 7 heteroatoms. The molecule has 0 saturated carbocycles. The lowest BCUT2D eigenvalue weighted by Crippen LogP contribution is -2.43. The molecule has 0 fully saturated rings. The Balaban J connectivity index is 1.29. The minimum atomic E-state index is -0.916. The summed E-state index contributed by atoms with van der Waals surface area (Å²) in [6.45, 7) is 3.66. The molecule has 2 heterocycles. The van der Waals surface area contributed by atoms with Gasteiger partial charge in [0, 0.05) is 24.7 Å². The molecule has 2 aliphatic heterocycles. The molecule has 7 nitrogen and oxygen atoms in total. The van der Waals surface area contributed by atoms with Gasteiger partial charge in [0.2, 0.25) is 0 Å². The molecule has 160 valence electrons. The molecular formula is C24H24N2O5. The van der Waals surface area contributed by atoms with Crippen LogP contribution in [0.15, 0.2) is 48.5 Å². The molecule has 4 rings (SSSR count). The number of ether oxygens (including phenoxy) is 1. The van der Waals surface area contributed by atoms with Crippen LogP contribution in [-0.2, 0) is 20.7 Å². The van der Waals surface area contributed by atoms with Gasteiger partial charge in [0.1, 0.15) is 0 Å². The van der Waals surface area contributed by atoms with Crippen molar-refractivity contribution in [1.29, 1.82) is 0 Å². The summed E-state index contributed by atoms with van der Waals surface area (Å²) in [5.74, 6) is -1.48. The Morgan fingerprint density at radius 1 is 1.03 bits per heavy atom. The van der Waals surface area contributed by atoms with Gasteiger partial charge in [0.15, 0.2) is 6.10 Å². The van der Waals surface area contributed by atoms with Crippen molar-refractivity contribution in [1.82, 2.24) is 4.90 Å². The Morgan fingerprint density at radius 3 is 2.32 bits per heavy atom. The van der Waals surface area contributed by atoms with Gasteiger partial charge >= 0.3 is 5.97 Å². The summed E-state index contributed by atoms with van der Waals surface area (Å²) in [7, 11) is 0. The first kappa shape index (κ1) is 20.8. The van der Waals surface area contributed by atoms with Gasteiger partial charge in [-0.1, -0.05) is 30.3 Å². The van der Waals surface area contributed by atoms with E-state index < -0.39 is 12.1 Å². The van der Waals surface area contributed by atoms with Gasteiger partial charge in [-0.2, -0.15) is 0 Å². The number of imide groups is 1. The molecule has 2 atom stereocenters. The van der Waals surface area contributed by atoms with Crippen LogP contribution in [0.1, 0.15) is 53.0 Å². The summed E-state index contributed by atoms with van der Waals surface area (Å²) in [5.41, 5.74) is 2.72. The van der Waals surface area contributed by atoms with Gasteiger partial charge in [0.05, 0.1) is 11.1 Å². The number of amides is 3. The first-order valence-corrected chi connectivity index (χ1v) is 10.4. The van der Waals surface area contributed by atoms with Crippen LogP contribution in [0.25, 0.3) is 0 Å². The SMILES string of the molecule is C[C@@H]1Cc2ccccc2N1C(=O)[C@@H](C)OC(=O)CCCN1C(=O)c2ccccc2C1=O. The van der Waals surface area contributed by atoms with Crippen LogP contribution in [0.5, 0.6) is 0 Å². The number of rotatable bonds is 6. The predicted octanol–water partition coefficient (Wildman–Crippen LogP) is 2.97. The number of hydrogen-bond donors (Lipinski definition) is 0. The fraction of sp³-hybridized carbons (Fsp3) is 0.333. The van der Waals surface area contributed by atoms with Crippen molar-refractivity contribution in [2.45, 2.75) is 45.3 Å². The van der Waals surface area contributed by atoms with E-state index >= 15 is 0 Å². The highest BCUT2D eigenvalue weighted by Gasteiger charge is 2.36. The Morgan fingerprint density at radius 2 is 1.65 bits per heavy atom. The highest BCUT2D eigenvalue weighted by Crippen LogP contribution is 2.32. The van der Waals surface area contributed by atoms with Gasteiger partial charge in [0.25, 0.3) is 17.7 Å². The summed E-state index contributed by atoms with van der Waals surface area (Å²) in [5, 5.41) is 0. The zero-order valence-corrected chi connectivity index (χ0v) is 17.5. The quantitative estimate of drug-likeness (QED) is 0.530. The zero-order chi connectivity index (χ0) is 22.1. The van der Waals surface area contributed by atoms with Crippen molar-refractivity contribution in [3.8, 4) is 0 Å². The van der Waals surface area contributed by atoms with E-state index in [4.69, 9.17) is 4.74 Å². The van der Waals surface area contributed by atoms with Gasteiger partial charge in [-0.05, 0) is 50.5 Å². The maximum Gasteiger partial charge on any atom is 0.306 e. The monoisotopic (exact) mass is 420 g/mol. The number of anilines is 1. The van der Waals surface area contributed by atoms with Gasteiger partial charge in [-0.15, -0.1) is 0 Å². The Bertz CT molecular complexity index is 1030. The van der Waals surface area contributed by atoms with Crippen LogP contribution in [0.2, 0.25) is 0 Å². The molecule has 0 aromatic heterocycles. The maximum atomic E-state index is 12.9. The van der Waals surface area contributed by atoms with Crippen LogP contribution >= 0.6 is 0 Å². The molecule has 0 aliphatic carbocycles. The van der Waals surface area contributed by atoms with Crippen molar-refractivity contribution in [2.24, 2.45) is 0 Å². The van der Waals surface area contributed by atoms with Crippen LogP contribution in [0, 0.1) is 0 Å². The summed E-state index contributed by atoms with van der Waals surface area (Å²) in [6, 6.07) is 14.4. The van der Waals surface area contributed by atoms with Crippen molar-refractivity contribution in [3.63, 3.8) is 0 Å². The molecule has 2 aromatic carbocycles. The average Bonchev–Trinajstić information content (AvgIpc) is 3.22. The van der Waals surface area contributed by atoms with E-state index in [0.29, 0.717) is 11.1 Å². The van der Waals surface area contributed by atoms with E-state index in [-0.39, 0.29) is 43.1 Å². The van der Waals surface area contributed by atoms with Crippen LogP contribution in [0.3, 0.4) is 0 Å². The highest BCUT2D eigenvalue weighted by atomic mass is 16.5. The predicted molar refractivity (Wildman–Crippen MR) is 114 cm³/mol. The number of nitrogens with zero attached hydrogens (tertiary/aromatic N) is 2. The molecule has 0 N–H and O–H groups in total. The third-order valence-electron chi connectivity index (χ3n) is 5.74. The molecule has 0 radical (unpaired) electrons. The van der Waals surface area contributed by atoms with Crippen LogP contribution < -0.4 is 4.90 Å². The number of esters is 1. The largest absolute Gasteiger partial charge is 0.453 e. The van der Waals surface area contributed by atoms with Crippen LogP contribution in [-0.4, -0.2) is 47.3 Å². The fourth-order valence-electron chi connectivity index (χ4n) is 4.23. The summed E-state index contributed by atoms with van der Waals surface area (Å²) in [4.78, 5) is 52.7. The number of carbonyl (C=O) groups is 4. The van der Waals surface area contributed by atoms with Gasteiger partial charge in [-0.3, -0.25) is 24.1 Å². The Hall–Kier alpha value is -3.48. The molecule has 2 aromatic rings. The number of carbonyl (C=O) groups excluding carboxylic acids is 4. The third kappa shape index (κ3) is 3.83. The first-order chi connectivity index (χ1) is 14.9. The minimum Gasteiger partial charge on any atom is -0.453 e. The second-order valence-corrected chi connectivity index (χ2v) is 7.93. The topological polar surface area (TPSA) is 84.0 Å². The first-order valence-electron chi connectivity index (χ1n) is 10.4. The number of hydrogen-bond acceptors (Lipinski definition) is 5. The van der Waals surface area contributed by atoms with E-state index in [1.165, 1.54) is 0 Å². The highest BCUT2D eigenvalue weighted by molar-refractivity contribution is 6.21. The lowest BCUT2D eigenvalue weighted by molar-refractivity contribution is -0.154. The minimum absolute atomic E-state index is 0.000115. The molecular weight excluding hydrogens is 396 g/mol. The molecule has 0 spiro atoms. The van der Waals surface area contributed by atoms with Crippen molar-refractivity contribution in [2.75, 3.05) is 11.4 Å². The number of para-hydroxylation sites is 1. The van der Waals surface area contributed by atoms with E-state index in [0.717, 1.165) is 22.6 Å². The van der Waals surface area contributed by atoms with Crippen LogP contribution in [0.4, 0.5) is 5.69 Å². The molecule has 0 bridgehead atoms. The number of fused-ring (bicyclic) bond motifs is 2. The molecule has 3 amide bonds. The average molecular weight is 420 g/mol. The Labute approximate surface area is 180 Å². The molecule has 0 saturated heterocycles. The van der Waals surface area contributed by atoms with E-state index in [1.807, 2.05) is 31.2 Å². The second-order valence-electron chi connectivity index (χ2n) is 7.93. The van der Waals surface area contributed by atoms with E-state index in [1.54, 1.807) is 36.1 Å². The zero-order valence-electron chi connectivity index (χ0n) is 17.5. The molecule has 2 aliphatic rings. The fourth-order valence-corrected chi connectivity index (χ4v) is 4.23. The van der Waals surface area contributed by atoms with Crippen molar-refractivity contribution < 1.29 is 23.9 Å². The maximum absolute atomic E-state index is 12.9. The normalized spacial score (nSPS) is 18.1. The second kappa shape index (κ2) is 8.34. The number of benzene rings is 2.